The molecular weight excluding hydrogens is 318 g/mol. The highest BCUT2D eigenvalue weighted by Crippen LogP contribution is 2.34. The van der Waals surface area contributed by atoms with Crippen LogP contribution in [0.2, 0.25) is 0 Å². The summed E-state index contributed by atoms with van der Waals surface area (Å²) in [6, 6.07) is 5.53. The normalized spacial score (nSPS) is 16.0. The van der Waals surface area contributed by atoms with Gasteiger partial charge in [0.25, 0.3) is 0 Å². The van der Waals surface area contributed by atoms with Crippen LogP contribution in [-0.4, -0.2) is 24.2 Å². The van der Waals surface area contributed by atoms with Gasteiger partial charge in [-0.05, 0) is 39.9 Å². The van der Waals surface area contributed by atoms with Crippen molar-refractivity contribution in [1.29, 1.82) is 0 Å². The Morgan fingerprint density at radius 1 is 1.35 bits per heavy atom. The quantitative estimate of drug-likeness (QED) is 0.816. The molecule has 1 aromatic carbocycles. The van der Waals surface area contributed by atoms with Crippen molar-refractivity contribution in [3.8, 4) is 0 Å². The van der Waals surface area contributed by atoms with Crippen molar-refractivity contribution in [1.82, 2.24) is 0 Å². The van der Waals surface area contributed by atoms with E-state index in [4.69, 9.17) is 0 Å². The smallest absolute Gasteiger partial charge is 0.338 e. The number of anilines is 1. The standard InChI is InChI=1S/C16H20BrNO2/c1-16(2,3)11-7-9-18(10-8-11)13-6-4-5-12(17)14(13)15(19)20/h4-7H,8-10H2,1-3H3,(H,19,20). The summed E-state index contributed by atoms with van der Waals surface area (Å²) >= 11 is 3.34. The zero-order chi connectivity index (χ0) is 14.9. The molecule has 20 heavy (non-hydrogen) atoms. The monoisotopic (exact) mass is 337 g/mol. The first-order chi connectivity index (χ1) is 9.30. The van der Waals surface area contributed by atoms with Crippen molar-refractivity contribution < 1.29 is 9.90 Å². The lowest BCUT2D eigenvalue weighted by Gasteiger charge is -2.34. The lowest BCUT2D eigenvalue weighted by atomic mass is 9.83. The number of halogens is 1. The first-order valence-corrected chi connectivity index (χ1v) is 7.56. The van der Waals surface area contributed by atoms with Crippen molar-refractivity contribution in [3.05, 3.63) is 39.9 Å². The Bertz CT molecular complexity index is 558. The van der Waals surface area contributed by atoms with Gasteiger partial charge < -0.3 is 10.0 Å². The van der Waals surface area contributed by atoms with Gasteiger partial charge in [0.2, 0.25) is 0 Å². The van der Waals surface area contributed by atoms with Crippen LogP contribution in [0.1, 0.15) is 37.6 Å². The Morgan fingerprint density at radius 2 is 2.05 bits per heavy atom. The number of hydrogen-bond donors (Lipinski definition) is 1. The van der Waals surface area contributed by atoms with E-state index in [1.54, 1.807) is 6.07 Å². The zero-order valence-electron chi connectivity index (χ0n) is 12.1. The third-order valence-electron chi connectivity index (χ3n) is 3.72. The van der Waals surface area contributed by atoms with E-state index in [0.29, 0.717) is 10.0 Å². The summed E-state index contributed by atoms with van der Waals surface area (Å²) in [6.45, 7) is 8.28. The second-order valence-electron chi connectivity index (χ2n) is 6.11. The fourth-order valence-corrected chi connectivity index (χ4v) is 3.08. The second-order valence-corrected chi connectivity index (χ2v) is 6.97. The molecule has 0 fully saturated rings. The molecule has 0 unspecified atom stereocenters. The average Bonchev–Trinajstić information content (AvgIpc) is 2.37. The molecular formula is C16H20BrNO2. The van der Waals surface area contributed by atoms with Crippen LogP contribution in [0.25, 0.3) is 0 Å². The predicted molar refractivity (Wildman–Crippen MR) is 85.5 cm³/mol. The van der Waals surface area contributed by atoms with E-state index < -0.39 is 5.97 Å². The molecule has 1 heterocycles. The number of aromatic carboxylic acids is 1. The van der Waals surface area contributed by atoms with Gasteiger partial charge in [0.15, 0.2) is 0 Å². The minimum Gasteiger partial charge on any atom is -0.478 e. The third kappa shape index (κ3) is 3.06. The largest absolute Gasteiger partial charge is 0.478 e. The van der Waals surface area contributed by atoms with Gasteiger partial charge in [-0.15, -0.1) is 0 Å². The summed E-state index contributed by atoms with van der Waals surface area (Å²) in [7, 11) is 0. The van der Waals surface area contributed by atoms with Gasteiger partial charge in [-0.3, -0.25) is 0 Å². The van der Waals surface area contributed by atoms with E-state index in [9.17, 15) is 9.90 Å². The fraction of sp³-hybridized carbons (Fsp3) is 0.438. The van der Waals surface area contributed by atoms with Crippen LogP contribution in [-0.2, 0) is 0 Å². The molecule has 2 rings (SSSR count). The number of rotatable bonds is 2. The minimum absolute atomic E-state index is 0.193. The summed E-state index contributed by atoms with van der Waals surface area (Å²) in [4.78, 5) is 13.6. The van der Waals surface area contributed by atoms with Crippen LogP contribution in [0.4, 0.5) is 5.69 Å². The molecule has 0 aromatic heterocycles. The van der Waals surface area contributed by atoms with E-state index in [0.717, 1.165) is 25.2 Å². The first-order valence-electron chi connectivity index (χ1n) is 6.77. The molecule has 3 nitrogen and oxygen atoms in total. The summed E-state index contributed by atoms with van der Waals surface area (Å²) in [5.74, 6) is -0.891. The molecule has 1 N–H and O–H groups in total. The highest BCUT2D eigenvalue weighted by Gasteiger charge is 2.24. The van der Waals surface area contributed by atoms with Crippen molar-refractivity contribution in [2.45, 2.75) is 27.2 Å². The van der Waals surface area contributed by atoms with Gasteiger partial charge in [-0.1, -0.05) is 38.5 Å². The topological polar surface area (TPSA) is 40.5 Å². The maximum atomic E-state index is 11.4. The van der Waals surface area contributed by atoms with Gasteiger partial charge in [-0.25, -0.2) is 4.79 Å². The van der Waals surface area contributed by atoms with Crippen molar-refractivity contribution in [2.24, 2.45) is 5.41 Å². The van der Waals surface area contributed by atoms with E-state index in [1.165, 1.54) is 5.57 Å². The summed E-state index contributed by atoms with van der Waals surface area (Å²) < 4.78 is 0.632. The Morgan fingerprint density at radius 3 is 2.55 bits per heavy atom. The van der Waals surface area contributed by atoms with Crippen LogP contribution < -0.4 is 4.90 Å². The summed E-state index contributed by atoms with van der Waals surface area (Å²) in [6.07, 6.45) is 3.21. The fourth-order valence-electron chi connectivity index (χ4n) is 2.56. The van der Waals surface area contributed by atoms with Gasteiger partial charge in [0.05, 0.1) is 11.3 Å². The van der Waals surface area contributed by atoms with Crippen LogP contribution in [0, 0.1) is 5.41 Å². The molecule has 0 spiro atoms. The van der Waals surface area contributed by atoms with Crippen molar-refractivity contribution in [3.63, 3.8) is 0 Å². The molecule has 0 saturated heterocycles. The molecule has 1 aromatic rings. The number of carboxylic acids is 1. The number of carbonyl (C=O) groups is 1. The van der Waals surface area contributed by atoms with E-state index in [1.807, 2.05) is 12.1 Å². The highest BCUT2D eigenvalue weighted by atomic mass is 79.9. The highest BCUT2D eigenvalue weighted by molar-refractivity contribution is 9.10. The van der Waals surface area contributed by atoms with Crippen LogP contribution >= 0.6 is 15.9 Å². The molecule has 0 atom stereocenters. The molecule has 0 amide bonds. The molecule has 108 valence electrons. The first kappa shape index (κ1) is 15.1. The number of benzene rings is 1. The van der Waals surface area contributed by atoms with Crippen LogP contribution in [0.15, 0.2) is 34.3 Å². The molecule has 1 aliphatic heterocycles. The lowest BCUT2D eigenvalue weighted by Crippen LogP contribution is -2.32. The molecule has 0 aliphatic carbocycles. The predicted octanol–water partition coefficient (Wildman–Crippen LogP) is 4.33. The molecule has 4 heteroatoms. The van der Waals surface area contributed by atoms with Gasteiger partial charge in [-0.2, -0.15) is 0 Å². The van der Waals surface area contributed by atoms with E-state index in [2.05, 4.69) is 47.7 Å². The third-order valence-corrected chi connectivity index (χ3v) is 4.38. The van der Waals surface area contributed by atoms with E-state index in [-0.39, 0.29) is 5.41 Å². The van der Waals surface area contributed by atoms with E-state index >= 15 is 0 Å². The SMILES string of the molecule is CC(C)(C)C1=CCN(c2cccc(Br)c2C(=O)O)CC1. The Hall–Kier alpha value is -1.29. The minimum atomic E-state index is -0.891. The Labute approximate surface area is 128 Å². The molecule has 0 saturated carbocycles. The maximum absolute atomic E-state index is 11.4. The van der Waals surface area contributed by atoms with Crippen LogP contribution in [0.5, 0.6) is 0 Å². The Balaban J connectivity index is 2.30. The van der Waals surface area contributed by atoms with Crippen molar-refractivity contribution >= 4 is 27.6 Å². The van der Waals surface area contributed by atoms with Gasteiger partial charge in [0.1, 0.15) is 0 Å². The summed E-state index contributed by atoms with van der Waals surface area (Å²) in [5.41, 5.74) is 2.77. The van der Waals surface area contributed by atoms with Gasteiger partial charge >= 0.3 is 5.97 Å². The van der Waals surface area contributed by atoms with Gasteiger partial charge in [0, 0.05) is 17.6 Å². The summed E-state index contributed by atoms with van der Waals surface area (Å²) in [5, 5.41) is 9.39. The average molecular weight is 338 g/mol. The molecule has 0 radical (unpaired) electrons. The van der Waals surface area contributed by atoms with Crippen molar-refractivity contribution in [2.75, 3.05) is 18.0 Å². The number of carboxylic acid groups (broad SMARTS) is 1. The maximum Gasteiger partial charge on any atom is 0.338 e. The lowest BCUT2D eigenvalue weighted by molar-refractivity contribution is 0.0696. The Kier molecular flexibility index (Phi) is 4.23. The number of hydrogen-bond acceptors (Lipinski definition) is 2. The van der Waals surface area contributed by atoms with Crippen LogP contribution in [0.3, 0.4) is 0 Å². The molecule has 0 bridgehead atoms. The number of nitrogens with zero attached hydrogens (tertiary/aromatic N) is 1. The zero-order valence-corrected chi connectivity index (χ0v) is 13.7. The molecule has 1 aliphatic rings. The second kappa shape index (κ2) is 5.60.